The van der Waals surface area contributed by atoms with Gasteiger partial charge in [-0.2, -0.15) is 0 Å². The van der Waals surface area contributed by atoms with E-state index < -0.39 is 0 Å². The maximum absolute atomic E-state index is 12.4. The average Bonchev–Trinajstić information content (AvgIpc) is 2.69. The molecule has 4 rings (SSSR count). The number of amides is 1. The number of carbonyl (C=O) groups is 1. The van der Waals surface area contributed by atoms with E-state index in [1.807, 2.05) is 18.2 Å². The van der Waals surface area contributed by atoms with Gasteiger partial charge in [0.15, 0.2) is 11.5 Å². The first-order chi connectivity index (χ1) is 13.2. The Morgan fingerprint density at radius 3 is 2.52 bits per heavy atom. The summed E-state index contributed by atoms with van der Waals surface area (Å²) in [6, 6.07) is 14.0. The summed E-state index contributed by atoms with van der Waals surface area (Å²) in [4.78, 5) is 17.0. The topological polar surface area (TPSA) is 54.0 Å². The van der Waals surface area contributed by atoms with Crippen LogP contribution in [0, 0.1) is 6.92 Å². The molecule has 2 aromatic carbocycles. The molecule has 27 heavy (non-hydrogen) atoms. The molecule has 1 amide bonds. The van der Waals surface area contributed by atoms with Crippen LogP contribution in [0.25, 0.3) is 0 Å². The molecule has 2 aromatic rings. The first-order valence-corrected chi connectivity index (χ1v) is 9.41. The van der Waals surface area contributed by atoms with Gasteiger partial charge in [0.25, 0.3) is 0 Å². The number of carbonyl (C=O) groups excluding carboxylic acids is 1. The smallest absolute Gasteiger partial charge is 0.238 e. The number of para-hydroxylation sites is 1. The normalized spacial score (nSPS) is 16.9. The molecule has 2 aliphatic heterocycles. The Hall–Kier alpha value is -2.73. The lowest BCUT2D eigenvalue weighted by Crippen LogP contribution is -2.48. The molecular weight excluding hydrogens is 342 g/mol. The van der Waals surface area contributed by atoms with E-state index in [-0.39, 0.29) is 5.91 Å². The van der Waals surface area contributed by atoms with Gasteiger partial charge in [-0.1, -0.05) is 18.2 Å². The minimum Gasteiger partial charge on any atom is -0.486 e. The van der Waals surface area contributed by atoms with Gasteiger partial charge in [0.2, 0.25) is 5.91 Å². The number of nitrogens with zero attached hydrogens (tertiary/aromatic N) is 2. The molecule has 6 heteroatoms. The number of fused-ring (bicyclic) bond motifs is 1. The lowest BCUT2D eigenvalue weighted by molar-refractivity contribution is -0.117. The number of benzene rings is 2. The van der Waals surface area contributed by atoms with Gasteiger partial charge >= 0.3 is 0 Å². The van der Waals surface area contributed by atoms with Gasteiger partial charge in [-0.3, -0.25) is 9.69 Å². The molecule has 0 aliphatic carbocycles. The molecule has 0 unspecified atom stereocenters. The lowest BCUT2D eigenvalue weighted by atomic mass is 10.1. The van der Waals surface area contributed by atoms with E-state index in [9.17, 15) is 4.79 Å². The van der Waals surface area contributed by atoms with E-state index in [4.69, 9.17) is 9.47 Å². The van der Waals surface area contributed by atoms with Crippen molar-refractivity contribution < 1.29 is 14.3 Å². The Morgan fingerprint density at radius 2 is 1.74 bits per heavy atom. The molecule has 142 valence electrons. The van der Waals surface area contributed by atoms with E-state index in [1.54, 1.807) is 0 Å². The van der Waals surface area contributed by atoms with Crippen molar-refractivity contribution in [1.82, 2.24) is 4.90 Å². The zero-order valence-electron chi connectivity index (χ0n) is 15.6. The minimum atomic E-state index is -0.00369. The molecular formula is C21H25N3O3. The van der Waals surface area contributed by atoms with Gasteiger partial charge in [0.05, 0.1) is 6.54 Å². The molecule has 1 saturated heterocycles. The van der Waals surface area contributed by atoms with Gasteiger partial charge in [0, 0.05) is 43.6 Å². The molecule has 1 N–H and O–H groups in total. The predicted octanol–water partition coefficient (Wildman–Crippen LogP) is 2.53. The van der Waals surface area contributed by atoms with E-state index in [0.29, 0.717) is 25.5 Å². The van der Waals surface area contributed by atoms with Crippen molar-refractivity contribution in [3.63, 3.8) is 0 Å². The zero-order valence-corrected chi connectivity index (χ0v) is 15.6. The van der Waals surface area contributed by atoms with Gasteiger partial charge in [0.1, 0.15) is 13.2 Å². The molecule has 0 saturated carbocycles. The lowest BCUT2D eigenvalue weighted by Gasteiger charge is -2.36. The van der Waals surface area contributed by atoms with E-state index in [0.717, 1.165) is 37.6 Å². The van der Waals surface area contributed by atoms with Crippen molar-refractivity contribution in [2.45, 2.75) is 6.92 Å². The second kappa shape index (κ2) is 7.88. The van der Waals surface area contributed by atoms with Crippen LogP contribution in [0.2, 0.25) is 0 Å². The maximum Gasteiger partial charge on any atom is 0.238 e. The maximum atomic E-state index is 12.4. The molecule has 0 spiro atoms. The van der Waals surface area contributed by atoms with Crippen LogP contribution in [0.15, 0.2) is 42.5 Å². The second-order valence-corrected chi connectivity index (χ2v) is 6.96. The highest BCUT2D eigenvalue weighted by atomic mass is 16.6. The zero-order chi connectivity index (χ0) is 18.6. The second-order valence-electron chi connectivity index (χ2n) is 6.96. The molecule has 0 aromatic heterocycles. The largest absolute Gasteiger partial charge is 0.486 e. The monoisotopic (exact) mass is 367 g/mol. The Kier molecular flexibility index (Phi) is 5.16. The van der Waals surface area contributed by atoms with Crippen LogP contribution in [0.5, 0.6) is 11.5 Å². The summed E-state index contributed by atoms with van der Waals surface area (Å²) < 4.78 is 11.1. The minimum absolute atomic E-state index is 0.00369. The van der Waals surface area contributed by atoms with Gasteiger partial charge in [-0.05, 0) is 30.7 Å². The van der Waals surface area contributed by atoms with Crippen LogP contribution in [-0.2, 0) is 4.79 Å². The Balaban J connectivity index is 1.29. The van der Waals surface area contributed by atoms with Crippen molar-refractivity contribution in [2.75, 3.05) is 56.2 Å². The van der Waals surface area contributed by atoms with Crippen LogP contribution in [0.3, 0.4) is 0 Å². The van der Waals surface area contributed by atoms with Crippen molar-refractivity contribution in [3.8, 4) is 11.5 Å². The summed E-state index contributed by atoms with van der Waals surface area (Å²) in [5, 5.41) is 2.96. The quantitative estimate of drug-likeness (QED) is 0.900. The third-order valence-electron chi connectivity index (χ3n) is 5.02. The number of aryl methyl sites for hydroxylation is 1. The predicted molar refractivity (Wildman–Crippen MR) is 106 cm³/mol. The van der Waals surface area contributed by atoms with Crippen molar-refractivity contribution in [3.05, 3.63) is 48.0 Å². The summed E-state index contributed by atoms with van der Waals surface area (Å²) in [5.41, 5.74) is 3.32. The third-order valence-corrected chi connectivity index (χ3v) is 5.02. The van der Waals surface area contributed by atoms with E-state index in [1.165, 1.54) is 11.3 Å². The van der Waals surface area contributed by atoms with Crippen molar-refractivity contribution >= 4 is 17.3 Å². The number of ether oxygens (including phenoxy) is 2. The highest BCUT2D eigenvalue weighted by molar-refractivity contribution is 5.92. The Bertz CT molecular complexity index is 816. The summed E-state index contributed by atoms with van der Waals surface area (Å²) in [7, 11) is 0. The average molecular weight is 367 g/mol. The molecule has 2 aliphatic rings. The SMILES string of the molecule is Cc1ccccc1N1CCN(CC(=O)Nc2ccc3c(c2)OCCO3)CC1. The molecule has 6 nitrogen and oxygen atoms in total. The number of anilines is 2. The number of piperazine rings is 1. The molecule has 1 fully saturated rings. The fourth-order valence-electron chi connectivity index (χ4n) is 3.59. The molecule has 0 bridgehead atoms. The third kappa shape index (κ3) is 4.17. The first kappa shape index (κ1) is 17.7. The van der Waals surface area contributed by atoms with Crippen LogP contribution in [0.4, 0.5) is 11.4 Å². The summed E-state index contributed by atoms with van der Waals surface area (Å²) >= 11 is 0. The Labute approximate surface area is 159 Å². The number of rotatable bonds is 4. The van der Waals surface area contributed by atoms with E-state index in [2.05, 4.69) is 46.3 Å². The number of hydrogen-bond acceptors (Lipinski definition) is 5. The van der Waals surface area contributed by atoms with Gasteiger partial charge < -0.3 is 19.7 Å². The molecule has 2 heterocycles. The van der Waals surface area contributed by atoms with Gasteiger partial charge in [-0.15, -0.1) is 0 Å². The van der Waals surface area contributed by atoms with Crippen LogP contribution in [-0.4, -0.2) is 56.7 Å². The van der Waals surface area contributed by atoms with Crippen LogP contribution < -0.4 is 19.7 Å². The molecule has 0 radical (unpaired) electrons. The standard InChI is InChI=1S/C21H25N3O3/c1-16-4-2-3-5-18(16)24-10-8-23(9-11-24)15-21(25)22-17-6-7-19-20(14-17)27-13-12-26-19/h2-7,14H,8-13,15H2,1H3,(H,22,25). The summed E-state index contributed by atoms with van der Waals surface area (Å²) in [6.45, 7) is 7.26. The Morgan fingerprint density at radius 1 is 1.00 bits per heavy atom. The summed E-state index contributed by atoms with van der Waals surface area (Å²) in [5.74, 6) is 1.41. The van der Waals surface area contributed by atoms with Crippen LogP contribution >= 0.6 is 0 Å². The van der Waals surface area contributed by atoms with E-state index >= 15 is 0 Å². The highest BCUT2D eigenvalue weighted by Crippen LogP contribution is 2.32. The first-order valence-electron chi connectivity index (χ1n) is 9.41. The van der Waals surface area contributed by atoms with Crippen LogP contribution in [0.1, 0.15) is 5.56 Å². The number of hydrogen-bond donors (Lipinski definition) is 1. The van der Waals surface area contributed by atoms with Crippen molar-refractivity contribution in [1.29, 1.82) is 0 Å². The summed E-state index contributed by atoms with van der Waals surface area (Å²) in [6.07, 6.45) is 0. The van der Waals surface area contributed by atoms with Crippen molar-refractivity contribution in [2.24, 2.45) is 0 Å². The fourth-order valence-corrected chi connectivity index (χ4v) is 3.59. The number of nitrogens with one attached hydrogen (secondary N) is 1. The van der Waals surface area contributed by atoms with Gasteiger partial charge in [-0.25, -0.2) is 0 Å². The highest BCUT2D eigenvalue weighted by Gasteiger charge is 2.20. The molecule has 0 atom stereocenters. The fraction of sp³-hybridized carbons (Fsp3) is 0.381.